The number of anilines is 1. The molecule has 2 aromatic carbocycles. The Kier molecular flexibility index (Phi) is 5.98. The summed E-state index contributed by atoms with van der Waals surface area (Å²) in [5, 5.41) is 9.60. The molecule has 0 fully saturated rings. The summed E-state index contributed by atoms with van der Waals surface area (Å²) in [6, 6.07) is 19.4. The van der Waals surface area contributed by atoms with Crippen molar-refractivity contribution in [3.8, 4) is 10.6 Å². The first-order valence-corrected chi connectivity index (χ1v) is 12.4. The first-order chi connectivity index (χ1) is 16.9. The molecule has 2 amide bonds. The zero-order chi connectivity index (χ0) is 24.6. The lowest BCUT2D eigenvalue weighted by molar-refractivity contribution is -0.126. The summed E-state index contributed by atoms with van der Waals surface area (Å²) < 4.78 is 14.9. The van der Waals surface area contributed by atoms with Gasteiger partial charge in [0.2, 0.25) is 5.91 Å². The number of amides is 2. The molecule has 0 saturated carbocycles. The van der Waals surface area contributed by atoms with E-state index in [0.717, 1.165) is 16.0 Å². The normalized spacial score (nSPS) is 17.3. The van der Waals surface area contributed by atoms with Crippen LogP contribution < -0.4 is 10.2 Å². The van der Waals surface area contributed by atoms with Crippen molar-refractivity contribution in [3.05, 3.63) is 94.7 Å². The van der Waals surface area contributed by atoms with E-state index in [2.05, 4.69) is 10.4 Å². The van der Waals surface area contributed by atoms with Gasteiger partial charge in [0.15, 0.2) is 0 Å². The van der Waals surface area contributed by atoms with Gasteiger partial charge in [0.05, 0.1) is 11.4 Å². The maximum Gasteiger partial charge on any atom is 0.277 e. The lowest BCUT2D eigenvalue weighted by atomic mass is 9.92. The highest BCUT2D eigenvalue weighted by atomic mass is 32.1. The molecule has 1 atom stereocenters. The monoisotopic (exact) mass is 488 g/mol. The van der Waals surface area contributed by atoms with E-state index in [1.807, 2.05) is 48.7 Å². The number of carbonyl (C=O) groups is 2. The van der Waals surface area contributed by atoms with Gasteiger partial charge >= 0.3 is 0 Å². The number of fused-ring (bicyclic) bond motifs is 1. The summed E-state index contributed by atoms with van der Waals surface area (Å²) in [4.78, 5) is 30.2. The van der Waals surface area contributed by atoms with Crippen molar-refractivity contribution in [3.63, 3.8) is 0 Å². The molecule has 0 saturated heterocycles. The third-order valence-electron chi connectivity index (χ3n) is 6.40. The summed E-state index contributed by atoms with van der Waals surface area (Å²) >= 11 is 1.55. The Labute approximate surface area is 207 Å². The Morgan fingerprint density at radius 3 is 2.63 bits per heavy atom. The second-order valence-corrected chi connectivity index (χ2v) is 9.70. The van der Waals surface area contributed by atoms with Crippen molar-refractivity contribution >= 4 is 28.8 Å². The molecule has 0 bridgehead atoms. The van der Waals surface area contributed by atoms with Crippen molar-refractivity contribution in [2.24, 2.45) is 0 Å². The number of hydrogen-bond donors (Lipinski definition) is 1. The topological polar surface area (TPSA) is 67.2 Å². The molecule has 2 aromatic heterocycles. The summed E-state index contributed by atoms with van der Waals surface area (Å²) in [6.07, 6.45) is 0.715. The predicted octanol–water partition coefficient (Wildman–Crippen LogP) is 5.05. The van der Waals surface area contributed by atoms with Gasteiger partial charge in [-0.1, -0.05) is 43.3 Å². The highest BCUT2D eigenvalue weighted by molar-refractivity contribution is 7.13. The average molecular weight is 489 g/mol. The number of hydrogen-bond acceptors (Lipinski definition) is 4. The van der Waals surface area contributed by atoms with Gasteiger partial charge in [0.1, 0.15) is 22.7 Å². The number of benzene rings is 2. The minimum absolute atomic E-state index is 0.201. The number of aryl methyl sites for hydroxylation is 1. The van der Waals surface area contributed by atoms with Crippen LogP contribution in [0.3, 0.4) is 0 Å². The van der Waals surface area contributed by atoms with Crippen LogP contribution >= 0.6 is 11.3 Å². The third kappa shape index (κ3) is 4.14. The van der Waals surface area contributed by atoms with Crippen molar-refractivity contribution in [1.29, 1.82) is 0 Å². The Balaban J connectivity index is 1.55. The molecule has 0 spiro atoms. The Bertz CT molecular complexity index is 1380. The van der Waals surface area contributed by atoms with Crippen LogP contribution in [0.15, 0.2) is 72.1 Å². The summed E-state index contributed by atoms with van der Waals surface area (Å²) in [6.45, 7) is 4.22. The molecule has 6 nitrogen and oxygen atoms in total. The lowest BCUT2D eigenvalue weighted by Crippen LogP contribution is -2.64. The number of nitrogens with zero attached hydrogens (tertiary/aromatic N) is 3. The second kappa shape index (κ2) is 9.11. The van der Waals surface area contributed by atoms with E-state index in [1.165, 1.54) is 12.1 Å². The molecular weight excluding hydrogens is 463 g/mol. The Morgan fingerprint density at radius 2 is 1.91 bits per heavy atom. The van der Waals surface area contributed by atoms with Crippen LogP contribution in [-0.2, 0) is 24.3 Å². The predicted molar refractivity (Wildman–Crippen MR) is 135 cm³/mol. The minimum Gasteiger partial charge on any atom is -0.350 e. The first-order valence-electron chi connectivity index (χ1n) is 11.5. The molecule has 178 valence electrons. The fourth-order valence-corrected chi connectivity index (χ4v) is 5.19. The first kappa shape index (κ1) is 23.0. The number of aromatic nitrogens is 2. The SMILES string of the molecule is CCc1ccccc1N1C(=O)c2cc(-c3cccs3)nn2C[C@@]1(C)C(=O)NCc1ccc(F)cc1. The van der Waals surface area contributed by atoms with Gasteiger partial charge in [-0.25, -0.2) is 4.39 Å². The molecule has 1 N–H and O–H groups in total. The van der Waals surface area contributed by atoms with Crippen LogP contribution in [0, 0.1) is 5.82 Å². The number of nitrogens with one attached hydrogen (secondary N) is 1. The van der Waals surface area contributed by atoms with E-state index in [9.17, 15) is 14.0 Å². The number of para-hydroxylation sites is 1. The Morgan fingerprint density at radius 1 is 1.14 bits per heavy atom. The van der Waals surface area contributed by atoms with Gasteiger partial charge in [-0.3, -0.25) is 19.2 Å². The molecule has 1 aliphatic heterocycles. The highest BCUT2D eigenvalue weighted by Gasteiger charge is 2.49. The molecule has 1 aliphatic rings. The minimum atomic E-state index is -1.23. The smallest absolute Gasteiger partial charge is 0.277 e. The largest absolute Gasteiger partial charge is 0.350 e. The fourth-order valence-electron chi connectivity index (χ4n) is 4.51. The van der Waals surface area contributed by atoms with Gasteiger partial charge in [0, 0.05) is 12.2 Å². The van der Waals surface area contributed by atoms with E-state index in [-0.39, 0.29) is 30.7 Å². The summed E-state index contributed by atoms with van der Waals surface area (Å²) in [5.41, 5.74) is 2.39. The van der Waals surface area contributed by atoms with E-state index in [4.69, 9.17) is 0 Å². The van der Waals surface area contributed by atoms with Crippen LogP contribution in [-0.4, -0.2) is 27.1 Å². The summed E-state index contributed by atoms with van der Waals surface area (Å²) in [5.74, 6) is -0.910. The Hall–Kier alpha value is -3.78. The number of halogens is 1. The van der Waals surface area contributed by atoms with Crippen molar-refractivity contribution in [1.82, 2.24) is 15.1 Å². The molecule has 0 unspecified atom stereocenters. The van der Waals surface area contributed by atoms with Gasteiger partial charge in [-0.2, -0.15) is 5.10 Å². The standard InChI is InChI=1S/C27H25FN4O2S/c1-3-19-7-4-5-8-22(19)32-25(33)23-15-21(24-9-6-14-35-24)30-31(23)17-27(32,2)26(34)29-16-18-10-12-20(28)13-11-18/h4-15H,3,16-17H2,1-2H3,(H,29,34)/t27-/m0/s1. The van der Waals surface area contributed by atoms with E-state index >= 15 is 0 Å². The number of carbonyl (C=O) groups excluding carboxylic acids is 2. The molecule has 0 aliphatic carbocycles. The van der Waals surface area contributed by atoms with Crippen molar-refractivity contribution < 1.29 is 14.0 Å². The van der Waals surface area contributed by atoms with E-state index in [1.54, 1.807) is 46.0 Å². The maximum atomic E-state index is 13.9. The molecule has 5 rings (SSSR count). The van der Waals surface area contributed by atoms with Crippen molar-refractivity contribution in [2.45, 2.75) is 38.9 Å². The molecule has 3 heterocycles. The van der Waals surface area contributed by atoms with Crippen LogP contribution in [0.25, 0.3) is 10.6 Å². The van der Waals surface area contributed by atoms with E-state index < -0.39 is 5.54 Å². The van der Waals surface area contributed by atoms with Crippen molar-refractivity contribution in [2.75, 3.05) is 4.90 Å². The van der Waals surface area contributed by atoms with Crippen LogP contribution in [0.1, 0.15) is 35.5 Å². The molecule has 0 radical (unpaired) electrons. The maximum absolute atomic E-state index is 13.9. The molecule has 35 heavy (non-hydrogen) atoms. The highest BCUT2D eigenvalue weighted by Crippen LogP contribution is 2.36. The lowest BCUT2D eigenvalue weighted by Gasteiger charge is -2.43. The average Bonchev–Trinajstić information content (AvgIpc) is 3.54. The zero-order valence-corrected chi connectivity index (χ0v) is 20.3. The summed E-state index contributed by atoms with van der Waals surface area (Å²) in [7, 11) is 0. The van der Waals surface area contributed by atoms with E-state index in [0.29, 0.717) is 23.5 Å². The third-order valence-corrected chi connectivity index (χ3v) is 7.29. The number of thiophene rings is 1. The molecular formula is C27H25FN4O2S. The molecule has 8 heteroatoms. The quantitative estimate of drug-likeness (QED) is 0.413. The van der Waals surface area contributed by atoms with Gasteiger partial charge in [-0.05, 0) is 60.2 Å². The van der Waals surface area contributed by atoms with Gasteiger partial charge < -0.3 is 5.32 Å². The second-order valence-electron chi connectivity index (χ2n) is 8.76. The van der Waals surface area contributed by atoms with Crippen LogP contribution in [0.5, 0.6) is 0 Å². The molecule has 4 aromatic rings. The van der Waals surface area contributed by atoms with Crippen LogP contribution in [0.2, 0.25) is 0 Å². The van der Waals surface area contributed by atoms with Gasteiger partial charge in [0.25, 0.3) is 5.91 Å². The van der Waals surface area contributed by atoms with Crippen LogP contribution in [0.4, 0.5) is 10.1 Å². The number of rotatable bonds is 6. The fraction of sp³-hybridized carbons (Fsp3) is 0.222. The van der Waals surface area contributed by atoms with Gasteiger partial charge in [-0.15, -0.1) is 11.3 Å². The zero-order valence-electron chi connectivity index (χ0n) is 19.5.